The summed E-state index contributed by atoms with van der Waals surface area (Å²) in [6, 6.07) is 0. The maximum Gasteiger partial charge on any atom is 0.396 e. The van der Waals surface area contributed by atoms with E-state index >= 15 is 0 Å². The molecule has 17 heavy (non-hydrogen) atoms. The van der Waals surface area contributed by atoms with Crippen LogP contribution in [0.2, 0.25) is 0 Å². The molecule has 0 aromatic carbocycles. The van der Waals surface area contributed by atoms with Crippen LogP contribution in [0.5, 0.6) is 0 Å². The van der Waals surface area contributed by atoms with Crippen molar-refractivity contribution in [1.82, 2.24) is 9.80 Å². The third-order valence-corrected chi connectivity index (χ3v) is 3.16. The van der Waals surface area contributed by atoms with Crippen molar-refractivity contribution in [2.24, 2.45) is 5.92 Å². The van der Waals surface area contributed by atoms with Crippen molar-refractivity contribution in [1.29, 1.82) is 0 Å². The lowest BCUT2D eigenvalue weighted by atomic mass is 10.1. The molecular weight excluding hydrogens is 220 g/mol. The first-order chi connectivity index (χ1) is 8.04. The maximum absolute atomic E-state index is 11.5. The number of carbonyl (C=O) groups excluding carboxylic acids is 2. The molecule has 5 nitrogen and oxygen atoms in total. The lowest BCUT2D eigenvalue weighted by Crippen LogP contribution is -2.36. The SMILES string of the molecule is CCOC(=O)C(=O)N(C)CCC1CCN(C)C1. The monoisotopic (exact) mass is 242 g/mol. The van der Waals surface area contributed by atoms with Crippen LogP contribution in [0.4, 0.5) is 0 Å². The Morgan fingerprint density at radius 3 is 2.71 bits per heavy atom. The molecule has 1 atom stereocenters. The van der Waals surface area contributed by atoms with E-state index in [0.717, 1.165) is 19.5 Å². The number of hydrogen-bond donors (Lipinski definition) is 0. The molecule has 0 bridgehead atoms. The zero-order valence-corrected chi connectivity index (χ0v) is 10.9. The van der Waals surface area contributed by atoms with E-state index in [1.54, 1.807) is 14.0 Å². The second-order valence-corrected chi connectivity index (χ2v) is 4.65. The number of esters is 1. The average Bonchev–Trinajstić information content (AvgIpc) is 2.71. The third kappa shape index (κ3) is 4.34. The zero-order chi connectivity index (χ0) is 12.8. The molecule has 0 radical (unpaired) electrons. The molecule has 0 aromatic heterocycles. The Hall–Kier alpha value is -1.10. The number of likely N-dealkylation sites (tertiary alicyclic amines) is 1. The molecule has 1 rings (SSSR count). The number of ether oxygens (including phenoxy) is 1. The summed E-state index contributed by atoms with van der Waals surface area (Å²) in [6.07, 6.45) is 2.13. The Balaban J connectivity index is 2.26. The Bertz CT molecular complexity index is 281. The highest BCUT2D eigenvalue weighted by Gasteiger charge is 2.23. The van der Waals surface area contributed by atoms with Crippen molar-refractivity contribution in [3.63, 3.8) is 0 Å². The molecule has 5 heteroatoms. The van der Waals surface area contributed by atoms with Gasteiger partial charge in [-0.15, -0.1) is 0 Å². The molecular formula is C12H22N2O3. The van der Waals surface area contributed by atoms with Crippen LogP contribution in [-0.2, 0) is 14.3 Å². The maximum atomic E-state index is 11.5. The minimum Gasteiger partial charge on any atom is -0.459 e. The summed E-state index contributed by atoms with van der Waals surface area (Å²) >= 11 is 0. The molecule has 0 aromatic rings. The summed E-state index contributed by atoms with van der Waals surface area (Å²) in [5, 5.41) is 0. The van der Waals surface area contributed by atoms with Gasteiger partial charge >= 0.3 is 11.9 Å². The van der Waals surface area contributed by atoms with Gasteiger partial charge in [0.1, 0.15) is 0 Å². The second-order valence-electron chi connectivity index (χ2n) is 4.65. The van der Waals surface area contributed by atoms with E-state index in [-0.39, 0.29) is 6.61 Å². The van der Waals surface area contributed by atoms with Gasteiger partial charge in [-0.25, -0.2) is 4.79 Å². The third-order valence-electron chi connectivity index (χ3n) is 3.16. The Labute approximate surface area is 103 Å². The van der Waals surface area contributed by atoms with Crippen molar-refractivity contribution >= 4 is 11.9 Å². The largest absolute Gasteiger partial charge is 0.459 e. The molecule has 98 valence electrons. The van der Waals surface area contributed by atoms with E-state index < -0.39 is 11.9 Å². The van der Waals surface area contributed by atoms with E-state index in [2.05, 4.69) is 16.7 Å². The van der Waals surface area contributed by atoms with Crippen LogP contribution in [-0.4, -0.2) is 62.0 Å². The van der Waals surface area contributed by atoms with Crippen LogP contribution in [0.1, 0.15) is 19.8 Å². The normalized spacial score (nSPS) is 20.3. The van der Waals surface area contributed by atoms with Crippen molar-refractivity contribution in [2.45, 2.75) is 19.8 Å². The first kappa shape index (κ1) is 14.0. The number of nitrogens with zero attached hydrogens (tertiary/aromatic N) is 2. The highest BCUT2D eigenvalue weighted by atomic mass is 16.5. The Morgan fingerprint density at radius 1 is 1.47 bits per heavy atom. The fourth-order valence-electron chi connectivity index (χ4n) is 2.09. The molecule has 0 saturated carbocycles. The van der Waals surface area contributed by atoms with Crippen LogP contribution < -0.4 is 0 Å². The van der Waals surface area contributed by atoms with Crippen LogP contribution in [0.3, 0.4) is 0 Å². The fraction of sp³-hybridized carbons (Fsp3) is 0.833. The van der Waals surface area contributed by atoms with Crippen LogP contribution in [0.15, 0.2) is 0 Å². The predicted molar refractivity (Wildman–Crippen MR) is 64.5 cm³/mol. The van der Waals surface area contributed by atoms with Gasteiger partial charge < -0.3 is 14.5 Å². The minimum absolute atomic E-state index is 0.242. The topological polar surface area (TPSA) is 49.9 Å². The number of rotatable bonds is 4. The smallest absolute Gasteiger partial charge is 0.396 e. The van der Waals surface area contributed by atoms with Gasteiger partial charge in [0.25, 0.3) is 0 Å². The molecule has 0 N–H and O–H groups in total. The number of hydrogen-bond acceptors (Lipinski definition) is 4. The van der Waals surface area contributed by atoms with Crippen molar-refractivity contribution < 1.29 is 14.3 Å². The molecule has 0 spiro atoms. The van der Waals surface area contributed by atoms with Crippen molar-refractivity contribution in [3.8, 4) is 0 Å². The van der Waals surface area contributed by atoms with E-state index in [1.165, 1.54) is 11.3 Å². The van der Waals surface area contributed by atoms with Gasteiger partial charge in [0.2, 0.25) is 0 Å². The molecule has 1 aliphatic heterocycles. The summed E-state index contributed by atoms with van der Waals surface area (Å²) in [7, 11) is 3.76. The lowest BCUT2D eigenvalue weighted by molar-refractivity contribution is -0.159. The first-order valence-electron chi connectivity index (χ1n) is 6.15. The molecule has 1 heterocycles. The summed E-state index contributed by atoms with van der Waals surface area (Å²) in [4.78, 5) is 26.5. The van der Waals surface area contributed by atoms with E-state index in [9.17, 15) is 9.59 Å². The molecule has 1 amide bonds. The van der Waals surface area contributed by atoms with Gasteiger partial charge in [-0.05, 0) is 39.3 Å². The predicted octanol–water partition coefficient (Wildman–Crippen LogP) is 0.350. The minimum atomic E-state index is -0.751. The quantitative estimate of drug-likeness (QED) is 0.527. The molecule has 1 unspecified atom stereocenters. The summed E-state index contributed by atoms with van der Waals surface area (Å²) < 4.78 is 4.68. The van der Waals surface area contributed by atoms with E-state index in [0.29, 0.717) is 12.5 Å². The molecule has 0 aliphatic carbocycles. The van der Waals surface area contributed by atoms with Gasteiger partial charge in [0.15, 0.2) is 0 Å². The van der Waals surface area contributed by atoms with Crippen LogP contribution >= 0.6 is 0 Å². The molecule has 1 aliphatic rings. The summed E-state index contributed by atoms with van der Waals surface area (Å²) in [6.45, 7) is 4.77. The standard InChI is InChI=1S/C12H22N2O3/c1-4-17-12(16)11(15)14(3)8-6-10-5-7-13(2)9-10/h10H,4-9H2,1-3H3. The highest BCUT2D eigenvalue weighted by Crippen LogP contribution is 2.17. The number of carbonyl (C=O) groups is 2. The van der Waals surface area contributed by atoms with Gasteiger partial charge in [0, 0.05) is 20.1 Å². The van der Waals surface area contributed by atoms with E-state index in [1.807, 2.05) is 0 Å². The lowest BCUT2D eigenvalue weighted by Gasteiger charge is -2.18. The summed E-state index contributed by atoms with van der Waals surface area (Å²) in [5.41, 5.74) is 0. The van der Waals surface area contributed by atoms with Crippen molar-refractivity contribution in [2.75, 3.05) is 40.3 Å². The van der Waals surface area contributed by atoms with Gasteiger partial charge in [0.05, 0.1) is 6.61 Å². The molecule has 1 fully saturated rings. The number of amides is 1. The van der Waals surface area contributed by atoms with Gasteiger partial charge in [-0.3, -0.25) is 4.79 Å². The highest BCUT2D eigenvalue weighted by molar-refractivity contribution is 6.32. The Morgan fingerprint density at radius 2 is 2.18 bits per heavy atom. The van der Waals surface area contributed by atoms with Crippen LogP contribution in [0.25, 0.3) is 0 Å². The zero-order valence-electron chi connectivity index (χ0n) is 10.9. The van der Waals surface area contributed by atoms with E-state index in [4.69, 9.17) is 0 Å². The summed E-state index contributed by atoms with van der Waals surface area (Å²) in [5.74, 6) is -0.658. The Kier molecular flexibility index (Phi) is 5.41. The second kappa shape index (κ2) is 6.59. The van der Waals surface area contributed by atoms with Crippen molar-refractivity contribution in [3.05, 3.63) is 0 Å². The van der Waals surface area contributed by atoms with Crippen LogP contribution in [0, 0.1) is 5.92 Å². The first-order valence-corrected chi connectivity index (χ1v) is 6.15. The average molecular weight is 242 g/mol. The fourth-order valence-corrected chi connectivity index (χ4v) is 2.09. The molecule has 1 saturated heterocycles. The van der Waals surface area contributed by atoms with Gasteiger partial charge in [-0.1, -0.05) is 0 Å². The van der Waals surface area contributed by atoms with Gasteiger partial charge in [-0.2, -0.15) is 0 Å². The number of likely N-dealkylation sites (N-methyl/N-ethyl adjacent to an activating group) is 1.